The molecule has 1 heterocycles. The molecule has 0 radical (unpaired) electrons. The number of hydrogen-bond acceptors (Lipinski definition) is 5. The Labute approximate surface area is 131 Å². The Morgan fingerprint density at radius 1 is 1.35 bits per heavy atom. The molecule has 0 saturated carbocycles. The van der Waals surface area contributed by atoms with Gasteiger partial charge in [0.1, 0.15) is 6.04 Å². The first-order valence-electron chi connectivity index (χ1n) is 7.07. The maximum Gasteiger partial charge on any atom is 0.223 e. The molecule has 1 aromatic carbocycles. The van der Waals surface area contributed by atoms with Crippen molar-refractivity contribution in [3.63, 3.8) is 0 Å². The number of amides is 1. The van der Waals surface area contributed by atoms with E-state index < -0.39 is 29.7 Å². The molecule has 0 aliphatic carbocycles. The first kappa shape index (κ1) is 17.0. The van der Waals surface area contributed by atoms with E-state index in [1.165, 1.54) is 6.07 Å². The average molecular weight is 325 g/mol. The summed E-state index contributed by atoms with van der Waals surface area (Å²) in [4.78, 5) is 15.9. The number of aliphatic hydroxyl groups is 1. The lowest BCUT2D eigenvalue weighted by molar-refractivity contribution is -0.124. The quantitative estimate of drug-likeness (QED) is 0.847. The lowest BCUT2D eigenvalue weighted by atomic mass is 10.0. The molecule has 0 aliphatic heterocycles. The lowest BCUT2D eigenvalue weighted by Crippen LogP contribution is -2.33. The van der Waals surface area contributed by atoms with Crippen molar-refractivity contribution in [2.75, 3.05) is 0 Å². The molecule has 0 bridgehead atoms. The van der Waals surface area contributed by atoms with Crippen LogP contribution in [-0.2, 0) is 4.79 Å². The van der Waals surface area contributed by atoms with Gasteiger partial charge in [-0.25, -0.2) is 8.78 Å². The maximum absolute atomic E-state index is 13.4. The summed E-state index contributed by atoms with van der Waals surface area (Å²) in [6.45, 7) is 3.56. The molecular formula is C15H17F2N3O3. The summed E-state index contributed by atoms with van der Waals surface area (Å²) in [5.41, 5.74) is 0.262. The third kappa shape index (κ3) is 4.32. The zero-order valence-corrected chi connectivity index (χ0v) is 12.7. The van der Waals surface area contributed by atoms with E-state index in [2.05, 4.69) is 20.0 Å². The van der Waals surface area contributed by atoms with Crippen LogP contribution in [0.4, 0.5) is 8.78 Å². The highest BCUT2D eigenvalue weighted by molar-refractivity contribution is 5.77. The number of hydrogen-bond donors (Lipinski definition) is 2. The number of nitrogens with one attached hydrogen (secondary N) is 1. The van der Waals surface area contributed by atoms with Crippen LogP contribution in [0.15, 0.2) is 29.1 Å². The Kier molecular flexibility index (Phi) is 5.38. The predicted octanol–water partition coefficient (Wildman–Crippen LogP) is 1.96. The Morgan fingerprint density at radius 3 is 2.65 bits per heavy atom. The maximum atomic E-state index is 13.4. The second-order valence-electron chi connectivity index (χ2n) is 5.48. The number of halogens is 2. The van der Waals surface area contributed by atoms with Crippen LogP contribution in [0.1, 0.15) is 37.7 Å². The van der Waals surface area contributed by atoms with Crippen LogP contribution in [0.25, 0.3) is 0 Å². The second kappa shape index (κ2) is 7.28. The summed E-state index contributed by atoms with van der Waals surface area (Å²) in [6, 6.07) is 2.32. The van der Waals surface area contributed by atoms with Crippen LogP contribution in [0.5, 0.6) is 0 Å². The van der Waals surface area contributed by atoms with E-state index in [4.69, 9.17) is 0 Å². The van der Waals surface area contributed by atoms with E-state index >= 15 is 0 Å². The van der Waals surface area contributed by atoms with Crippen molar-refractivity contribution >= 4 is 5.91 Å². The standard InChI is InChI=1S/C15H17F2N3O3/c1-8(2)12(21)6-13(22)19-14(15-18-7-23-20-15)9-3-4-10(16)11(17)5-9/h3-5,7-8,12,14,21H,6H2,1-2H3,(H,19,22)/t12-,14-/m1/s1. The third-order valence-corrected chi connectivity index (χ3v) is 3.38. The molecule has 0 spiro atoms. The largest absolute Gasteiger partial charge is 0.392 e. The van der Waals surface area contributed by atoms with Gasteiger partial charge >= 0.3 is 0 Å². The van der Waals surface area contributed by atoms with Crippen molar-refractivity contribution in [1.29, 1.82) is 0 Å². The summed E-state index contributed by atoms with van der Waals surface area (Å²) in [5, 5.41) is 16.0. The second-order valence-corrected chi connectivity index (χ2v) is 5.48. The lowest BCUT2D eigenvalue weighted by Gasteiger charge is -2.19. The first-order valence-corrected chi connectivity index (χ1v) is 7.07. The van der Waals surface area contributed by atoms with Gasteiger partial charge in [-0.05, 0) is 23.6 Å². The Bertz CT molecular complexity index is 662. The molecule has 1 amide bonds. The third-order valence-electron chi connectivity index (χ3n) is 3.38. The molecule has 2 atom stereocenters. The number of rotatable bonds is 6. The smallest absolute Gasteiger partial charge is 0.223 e. The molecule has 2 rings (SSSR count). The molecule has 0 unspecified atom stereocenters. The number of aromatic nitrogens is 2. The Balaban J connectivity index is 2.22. The van der Waals surface area contributed by atoms with E-state index in [0.29, 0.717) is 0 Å². The molecule has 8 heteroatoms. The van der Waals surface area contributed by atoms with Crippen LogP contribution < -0.4 is 5.32 Å². The van der Waals surface area contributed by atoms with Gasteiger partial charge in [-0.2, -0.15) is 4.98 Å². The van der Waals surface area contributed by atoms with Crippen LogP contribution in [0, 0.1) is 17.6 Å². The SMILES string of the molecule is CC(C)[C@H](O)CC(=O)N[C@H](c1ccc(F)c(F)c1)c1ncon1. The van der Waals surface area contributed by atoms with Crippen LogP contribution >= 0.6 is 0 Å². The van der Waals surface area contributed by atoms with Gasteiger partial charge in [0.05, 0.1) is 12.5 Å². The van der Waals surface area contributed by atoms with E-state index in [1.54, 1.807) is 13.8 Å². The highest BCUT2D eigenvalue weighted by Gasteiger charge is 2.24. The Morgan fingerprint density at radius 2 is 2.09 bits per heavy atom. The van der Waals surface area contributed by atoms with Crippen LogP contribution in [-0.4, -0.2) is 27.3 Å². The minimum absolute atomic E-state index is 0.0901. The van der Waals surface area contributed by atoms with Crippen molar-refractivity contribution in [2.24, 2.45) is 5.92 Å². The highest BCUT2D eigenvalue weighted by atomic mass is 19.2. The average Bonchev–Trinajstić information content (AvgIpc) is 3.01. The normalized spacial score (nSPS) is 13.8. The summed E-state index contributed by atoms with van der Waals surface area (Å²) < 4.78 is 31.2. The number of carbonyl (C=O) groups is 1. The topological polar surface area (TPSA) is 88.2 Å². The van der Waals surface area contributed by atoms with Gasteiger partial charge in [0.15, 0.2) is 17.5 Å². The van der Waals surface area contributed by atoms with Gasteiger partial charge in [-0.15, -0.1) is 0 Å². The van der Waals surface area contributed by atoms with Gasteiger partial charge < -0.3 is 14.9 Å². The molecule has 2 aromatic rings. The fourth-order valence-corrected chi connectivity index (χ4v) is 1.94. The van der Waals surface area contributed by atoms with Gasteiger partial charge in [0.25, 0.3) is 0 Å². The van der Waals surface area contributed by atoms with E-state index in [0.717, 1.165) is 18.5 Å². The first-order chi connectivity index (χ1) is 10.9. The minimum Gasteiger partial charge on any atom is -0.392 e. The zero-order valence-electron chi connectivity index (χ0n) is 12.7. The molecule has 124 valence electrons. The Hall–Kier alpha value is -2.35. The predicted molar refractivity (Wildman–Crippen MR) is 76.1 cm³/mol. The van der Waals surface area contributed by atoms with E-state index in [9.17, 15) is 18.7 Å². The fourth-order valence-electron chi connectivity index (χ4n) is 1.94. The highest BCUT2D eigenvalue weighted by Crippen LogP contribution is 2.21. The summed E-state index contributed by atoms with van der Waals surface area (Å²) in [7, 11) is 0. The number of nitrogens with zero attached hydrogens (tertiary/aromatic N) is 2. The fraction of sp³-hybridized carbons (Fsp3) is 0.400. The molecule has 23 heavy (non-hydrogen) atoms. The number of benzene rings is 1. The van der Waals surface area contributed by atoms with Crippen molar-refractivity contribution in [2.45, 2.75) is 32.4 Å². The molecular weight excluding hydrogens is 308 g/mol. The summed E-state index contributed by atoms with van der Waals surface area (Å²) >= 11 is 0. The number of carbonyl (C=O) groups excluding carboxylic acids is 1. The summed E-state index contributed by atoms with van der Waals surface area (Å²) in [5.74, 6) is -2.50. The monoisotopic (exact) mass is 325 g/mol. The van der Waals surface area contributed by atoms with Gasteiger partial charge in [-0.3, -0.25) is 4.79 Å². The molecule has 6 nitrogen and oxygen atoms in total. The van der Waals surface area contributed by atoms with Crippen molar-refractivity contribution in [3.8, 4) is 0 Å². The van der Waals surface area contributed by atoms with Gasteiger partial charge in [-0.1, -0.05) is 25.1 Å². The molecule has 0 aliphatic rings. The van der Waals surface area contributed by atoms with Crippen LogP contribution in [0.2, 0.25) is 0 Å². The van der Waals surface area contributed by atoms with Crippen LogP contribution in [0.3, 0.4) is 0 Å². The van der Waals surface area contributed by atoms with Gasteiger partial charge in [0, 0.05) is 0 Å². The van der Waals surface area contributed by atoms with Crippen molar-refractivity contribution < 1.29 is 23.2 Å². The molecule has 1 aromatic heterocycles. The van der Waals surface area contributed by atoms with Crippen molar-refractivity contribution in [1.82, 2.24) is 15.5 Å². The summed E-state index contributed by atoms with van der Waals surface area (Å²) in [6.07, 6.45) is 0.124. The molecule has 2 N–H and O–H groups in total. The molecule has 0 fully saturated rings. The van der Waals surface area contributed by atoms with E-state index in [-0.39, 0.29) is 23.7 Å². The van der Waals surface area contributed by atoms with Crippen molar-refractivity contribution in [3.05, 3.63) is 47.6 Å². The van der Waals surface area contributed by atoms with E-state index in [1.807, 2.05) is 0 Å². The van der Waals surface area contributed by atoms with Gasteiger partial charge in [0.2, 0.25) is 12.3 Å². The minimum atomic E-state index is -1.05. The zero-order chi connectivity index (χ0) is 17.0. The number of aliphatic hydroxyl groups excluding tert-OH is 1. The molecule has 0 saturated heterocycles.